The van der Waals surface area contributed by atoms with Crippen LogP contribution < -0.4 is 4.74 Å². The molecule has 1 aliphatic heterocycles. The van der Waals surface area contributed by atoms with Crippen LogP contribution in [0.15, 0.2) is 47.0 Å². The number of nitrogens with zero attached hydrogens (tertiary/aromatic N) is 3. The number of amides is 1. The molecule has 1 fully saturated rings. The minimum atomic E-state index is -0.682. The number of likely N-dealkylation sites (tertiary alicyclic amines) is 1. The average Bonchev–Trinajstić information content (AvgIpc) is 3.29. The van der Waals surface area contributed by atoms with E-state index in [9.17, 15) is 13.6 Å². The molecular weight excluding hydrogens is 392 g/mol. The molecule has 1 atom stereocenters. The molecule has 0 N–H and O–H groups in total. The second-order valence-electron chi connectivity index (χ2n) is 7.50. The predicted molar refractivity (Wildman–Crippen MR) is 104 cm³/mol. The van der Waals surface area contributed by atoms with Gasteiger partial charge in [-0.05, 0) is 62.2 Å². The number of carbonyl (C=O) groups is 1. The highest BCUT2D eigenvalue weighted by atomic mass is 19.1. The number of hydrogen-bond donors (Lipinski definition) is 0. The van der Waals surface area contributed by atoms with E-state index in [-0.39, 0.29) is 18.6 Å². The van der Waals surface area contributed by atoms with Gasteiger partial charge in [0.2, 0.25) is 17.6 Å². The molecule has 4 rings (SSSR count). The molecule has 0 spiro atoms. The Hall–Kier alpha value is -3.29. The molecule has 1 unspecified atom stereocenters. The first-order valence-corrected chi connectivity index (χ1v) is 9.74. The van der Waals surface area contributed by atoms with Crippen LogP contribution >= 0.6 is 0 Å². The second-order valence-corrected chi connectivity index (χ2v) is 7.50. The van der Waals surface area contributed by atoms with E-state index in [1.165, 1.54) is 17.0 Å². The lowest BCUT2D eigenvalue weighted by atomic mass is 10.1. The summed E-state index contributed by atoms with van der Waals surface area (Å²) in [6.07, 6.45) is 0.881. The monoisotopic (exact) mass is 413 g/mol. The van der Waals surface area contributed by atoms with E-state index < -0.39 is 17.7 Å². The zero-order valence-corrected chi connectivity index (χ0v) is 16.6. The van der Waals surface area contributed by atoms with Gasteiger partial charge in [-0.15, -0.1) is 0 Å². The third-order valence-electron chi connectivity index (χ3n) is 4.81. The molecule has 2 aromatic carbocycles. The van der Waals surface area contributed by atoms with Crippen molar-refractivity contribution < 1.29 is 22.8 Å². The highest BCUT2D eigenvalue weighted by molar-refractivity contribution is 5.78. The maximum Gasteiger partial charge on any atom is 0.249 e. The number of aromatic nitrogens is 2. The molecule has 1 aliphatic rings. The lowest BCUT2D eigenvalue weighted by molar-refractivity contribution is -0.130. The molecule has 3 aromatic rings. The Kier molecular flexibility index (Phi) is 5.48. The van der Waals surface area contributed by atoms with Crippen LogP contribution in [0.3, 0.4) is 0 Å². The van der Waals surface area contributed by atoms with Crippen LogP contribution in [0, 0.1) is 11.6 Å². The maximum atomic E-state index is 13.5. The van der Waals surface area contributed by atoms with Gasteiger partial charge in [-0.25, -0.2) is 8.78 Å². The SMILES string of the molecule is CC(C)Oc1ccc(-c2noc(C3CCC(=O)N3Cc3cc(F)cc(F)c3)n2)cc1. The van der Waals surface area contributed by atoms with Crippen LogP contribution in [0.1, 0.15) is 44.2 Å². The van der Waals surface area contributed by atoms with Crippen molar-refractivity contribution in [3.05, 3.63) is 65.6 Å². The minimum Gasteiger partial charge on any atom is -0.491 e. The van der Waals surface area contributed by atoms with Gasteiger partial charge < -0.3 is 14.2 Å². The normalized spacial score (nSPS) is 16.5. The van der Waals surface area contributed by atoms with Gasteiger partial charge in [-0.3, -0.25) is 4.79 Å². The number of benzene rings is 2. The number of carbonyl (C=O) groups excluding carboxylic acids is 1. The van der Waals surface area contributed by atoms with Crippen molar-refractivity contribution in [2.75, 3.05) is 0 Å². The van der Waals surface area contributed by atoms with E-state index in [4.69, 9.17) is 9.26 Å². The van der Waals surface area contributed by atoms with Gasteiger partial charge >= 0.3 is 0 Å². The predicted octanol–water partition coefficient (Wildman–Crippen LogP) is 4.67. The van der Waals surface area contributed by atoms with Crippen molar-refractivity contribution in [2.45, 2.75) is 45.4 Å². The fourth-order valence-electron chi connectivity index (χ4n) is 3.53. The molecule has 0 aliphatic carbocycles. The highest BCUT2D eigenvalue weighted by Gasteiger charge is 2.36. The first kappa shape index (κ1) is 20.0. The van der Waals surface area contributed by atoms with Gasteiger partial charge in [-0.2, -0.15) is 4.98 Å². The van der Waals surface area contributed by atoms with Crippen LogP contribution in [0.4, 0.5) is 8.78 Å². The third kappa shape index (κ3) is 4.32. The molecule has 0 bridgehead atoms. The van der Waals surface area contributed by atoms with Gasteiger partial charge in [0, 0.05) is 24.6 Å². The summed E-state index contributed by atoms with van der Waals surface area (Å²) in [6, 6.07) is 10.1. The number of hydrogen-bond acceptors (Lipinski definition) is 5. The van der Waals surface area contributed by atoms with Crippen molar-refractivity contribution in [3.8, 4) is 17.1 Å². The van der Waals surface area contributed by atoms with E-state index in [1.807, 2.05) is 38.1 Å². The quantitative estimate of drug-likeness (QED) is 0.588. The van der Waals surface area contributed by atoms with Crippen LogP contribution in [-0.2, 0) is 11.3 Å². The molecule has 1 aromatic heterocycles. The first-order valence-electron chi connectivity index (χ1n) is 9.74. The summed E-state index contributed by atoms with van der Waals surface area (Å²) < 4.78 is 38.1. The van der Waals surface area contributed by atoms with Crippen LogP contribution in [-0.4, -0.2) is 27.1 Å². The summed E-state index contributed by atoms with van der Waals surface area (Å²) in [5.74, 6) is -0.0456. The summed E-state index contributed by atoms with van der Waals surface area (Å²) in [5.41, 5.74) is 1.12. The Balaban J connectivity index is 1.53. The standard InChI is InChI=1S/C22H21F2N3O3/c1-13(2)29-18-5-3-15(4-6-18)21-25-22(30-26-21)19-7-8-20(28)27(19)12-14-9-16(23)11-17(24)10-14/h3-6,9-11,13,19H,7-8,12H2,1-2H3. The summed E-state index contributed by atoms with van der Waals surface area (Å²) in [6.45, 7) is 3.97. The van der Waals surface area contributed by atoms with Crippen LogP contribution in [0.5, 0.6) is 5.75 Å². The van der Waals surface area contributed by atoms with Gasteiger partial charge in [-0.1, -0.05) is 5.16 Å². The number of ether oxygens (including phenoxy) is 1. The first-order chi connectivity index (χ1) is 14.4. The Morgan fingerprint density at radius 2 is 1.87 bits per heavy atom. The average molecular weight is 413 g/mol. The Morgan fingerprint density at radius 3 is 2.53 bits per heavy atom. The molecule has 156 valence electrons. The van der Waals surface area contributed by atoms with E-state index in [0.717, 1.165) is 17.4 Å². The molecule has 1 saturated heterocycles. The third-order valence-corrected chi connectivity index (χ3v) is 4.81. The molecule has 0 radical (unpaired) electrons. The number of rotatable bonds is 6. The van der Waals surface area contributed by atoms with Crippen molar-refractivity contribution in [2.24, 2.45) is 0 Å². The molecule has 2 heterocycles. The highest BCUT2D eigenvalue weighted by Crippen LogP contribution is 2.34. The van der Waals surface area contributed by atoms with Gasteiger partial charge in [0.25, 0.3) is 0 Å². The zero-order valence-electron chi connectivity index (χ0n) is 16.6. The topological polar surface area (TPSA) is 68.5 Å². The van der Waals surface area contributed by atoms with Crippen molar-refractivity contribution in [1.82, 2.24) is 15.0 Å². The van der Waals surface area contributed by atoms with E-state index >= 15 is 0 Å². The van der Waals surface area contributed by atoms with Crippen LogP contribution in [0.2, 0.25) is 0 Å². The lowest BCUT2D eigenvalue weighted by Crippen LogP contribution is -2.27. The fraction of sp³-hybridized carbons (Fsp3) is 0.318. The van der Waals surface area contributed by atoms with Gasteiger partial charge in [0.15, 0.2) is 0 Å². The largest absolute Gasteiger partial charge is 0.491 e. The molecule has 1 amide bonds. The Bertz CT molecular complexity index is 1030. The molecule has 30 heavy (non-hydrogen) atoms. The second kappa shape index (κ2) is 8.22. The summed E-state index contributed by atoms with van der Waals surface area (Å²) in [5, 5.41) is 4.03. The van der Waals surface area contributed by atoms with Crippen molar-refractivity contribution in [3.63, 3.8) is 0 Å². The van der Waals surface area contributed by atoms with E-state index in [0.29, 0.717) is 30.1 Å². The van der Waals surface area contributed by atoms with E-state index in [1.54, 1.807) is 0 Å². The smallest absolute Gasteiger partial charge is 0.249 e. The van der Waals surface area contributed by atoms with E-state index in [2.05, 4.69) is 10.1 Å². The molecule has 8 heteroatoms. The zero-order chi connectivity index (χ0) is 21.3. The Morgan fingerprint density at radius 1 is 1.17 bits per heavy atom. The van der Waals surface area contributed by atoms with Gasteiger partial charge in [0.1, 0.15) is 23.4 Å². The molecule has 6 nitrogen and oxygen atoms in total. The summed E-state index contributed by atoms with van der Waals surface area (Å²) >= 11 is 0. The minimum absolute atomic E-state index is 0.0666. The molecular formula is C22H21F2N3O3. The van der Waals surface area contributed by atoms with Crippen molar-refractivity contribution in [1.29, 1.82) is 0 Å². The molecule has 0 saturated carbocycles. The fourth-order valence-corrected chi connectivity index (χ4v) is 3.53. The Labute approximate surface area is 172 Å². The van der Waals surface area contributed by atoms with Crippen molar-refractivity contribution >= 4 is 5.91 Å². The summed E-state index contributed by atoms with van der Waals surface area (Å²) in [4.78, 5) is 18.3. The lowest BCUT2D eigenvalue weighted by Gasteiger charge is -2.22. The maximum absolute atomic E-state index is 13.5. The summed E-state index contributed by atoms with van der Waals surface area (Å²) in [7, 11) is 0. The van der Waals surface area contributed by atoms with Gasteiger partial charge in [0.05, 0.1) is 6.10 Å². The van der Waals surface area contributed by atoms with Crippen LogP contribution in [0.25, 0.3) is 11.4 Å². The number of halogens is 2.